The van der Waals surface area contributed by atoms with Crippen molar-refractivity contribution in [3.63, 3.8) is 0 Å². The van der Waals surface area contributed by atoms with Gasteiger partial charge >= 0.3 is 6.09 Å². The molecule has 1 fully saturated rings. The van der Waals surface area contributed by atoms with Crippen molar-refractivity contribution < 1.29 is 14.3 Å². The molecular formula is C11H21N3O3. The Bertz CT molecular complexity index is 298. The van der Waals surface area contributed by atoms with Gasteiger partial charge in [0.25, 0.3) is 0 Å². The van der Waals surface area contributed by atoms with Gasteiger partial charge in [-0.3, -0.25) is 9.69 Å². The van der Waals surface area contributed by atoms with Gasteiger partial charge < -0.3 is 15.0 Å². The van der Waals surface area contributed by atoms with Crippen LogP contribution in [-0.4, -0.2) is 67.7 Å². The van der Waals surface area contributed by atoms with Gasteiger partial charge in [-0.25, -0.2) is 4.79 Å². The molecule has 1 aliphatic heterocycles. The van der Waals surface area contributed by atoms with Gasteiger partial charge in [0.2, 0.25) is 5.91 Å². The highest BCUT2D eigenvalue weighted by molar-refractivity contribution is 5.89. The molecule has 1 saturated heterocycles. The molecule has 0 spiro atoms. The van der Waals surface area contributed by atoms with Gasteiger partial charge in [-0.15, -0.1) is 0 Å². The number of rotatable bonds is 2. The second-order valence-electron chi connectivity index (χ2n) is 4.63. The first-order valence-electron chi connectivity index (χ1n) is 5.73. The monoisotopic (exact) mass is 243 g/mol. The second-order valence-corrected chi connectivity index (χ2v) is 4.63. The van der Waals surface area contributed by atoms with Crippen LogP contribution in [0.4, 0.5) is 4.79 Å². The van der Waals surface area contributed by atoms with Crippen molar-refractivity contribution in [2.45, 2.75) is 19.4 Å². The summed E-state index contributed by atoms with van der Waals surface area (Å²) in [6.45, 7) is 6.41. The summed E-state index contributed by atoms with van der Waals surface area (Å²) in [6, 6.07) is 0. The van der Waals surface area contributed by atoms with Crippen LogP contribution in [0.15, 0.2) is 0 Å². The van der Waals surface area contributed by atoms with Crippen molar-refractivity contribution in [1.82, 2.24) is 15.1 Å². The number of carbonyl (C=O) groups is 2. The van der Waals surface area contributed by atoms with E-state index in [1.807, 2.05) is 0 Å². The number of ether oxygens (including phenoxy) is 1. The zero-order chi connectivity index (χ0) is 13.1. The predicted molar refractivity (Wildman–Crippen MR) is 63.7 cm³/mol. The minimum absolute atomic E-state index is 0.0492. The first kappa shape index (κ1) is 13.8. The summed E-state index contributed by atoms with van der Waals surface area (Å²) in [6.07, 6.45) is -0.501. The largest absolute Gasteiger partial charge is 0.453 e. The molecule has 0 aliphatic carbocycles. The van der Waals surface area contributed by atoms with E-state index in [2.05, 4.69) is 10.1 Å². The van der Waals surface area contributed by atoms with E-state index in [1.165, 1.54) is 12.0 Å². The SMILES string of the molecule is COC(=O)N(C)C(C)(C)C(=O)N1CCNCC1. The lowest BCUT2D eigenvalue weighted by Crippen LogP contribution is -2.59. The normalized spacial score (nSPS) is 16.6. The molecule has 98 valence electrons. The Morgan fingerprint density at radius 2 is 1.82 bits per heavy atom. The maximum absolute atomic E-state index is 12.3. The molecule has 6 heteroatoms. The molecule has 0 saturated carbocycles. The molecular weight excluding hydrogens is 222 g/mol. The number of nitrogens with zero attached hydrogens (tertiary/aromatic N) is 2. The van der Waals surface area contributed by atoms with E-state index in [4.69, 9.17) is 0 Å². The zero-order valence-corrected chi connectivity index (χ0v) is 10.9. The van der Waals surface area contributed by atoms with Gasteiger partial charge in [-0.2, -0.15) is 0 Å². The molecule has 0 unspecified atom stereocenters. The zero-order valence-electron chi connectivity index (χ0n) is 10.9. The minimum atomic E-state index is -0.884. The first-order chi connectivity index (χ1) is 7.91. The van der Waals surface area contributed by atoms with Crippen molar-refractivity contribution >= 4 is 12.0 Å². The summed E-state index contributed by atoms with van der Waals surface area (Å²) in [7, 11) is 2.89. The van der Waals surface area contributed by atoms with Crippen LogP contribution in [0.5, 0.6) is 0 Å². The first-order valence-corrected chi connectivity index (χ1v) is 5.73. The molecule has 1 rings (SSSR count). The van der Waals surface area contributed by atoms with Crippen LogP contribution in [0.2, 0.25) is 0 Å². The maximum Gasteiger partial charge on any atom is 0.410 e. The summed E-state index contributed by atoms with van der Waals surface area (Å²) < 4.78 is 4.64. The molecule has 0 radical (unpaired) electrons. The average molecular weight is 243 g/mol. The van der Waals surface area contributed by atoms with E-state index in [0.29, 0.717) is 13.1 Å². The minimum Gasteiger partial charge on any atom is -0.453 e. The van der Waals surface area contributed by atoms with E-state index in [0.717, 1.165) is 13.1 Å². The van der Waals surface area contributed by atoms with Crippen LogP contribution in [-0.2, 0) is 9.53 Å². The fraction of sp³-hybridized carbons (Fsp3) is 0.818. The third kappa shape index (κ3) is 2.88. The van der Waals surface area contributed by atoms with E-state index >= 15 is 0 Å². The van der Waals surface area contributed by atoms with Gasteiger partial charge in [0.05, 0.1) is 7.11 Å². The number of likely N-dealkylation sites (N-methyl/N-ethyl adjacent to an activating group) is 1. The van der Waals surface area contributed by atoms with Crippen LogP contribution in [0, 0.1) is 0 Å². The summed E-state index contributed by atoms with van der Waals surface area (Å²) in [5, 5.41) is 3.19. The molecule has 0 aromatic carbocycles. The number of amides is 2. The molecule has 1 heterocycles. The summed E-state index contributed by atoms with van der Waals surface area (Å²) in [4.78, 5) is 26.9. The Morgan fingerprint density at radius 1 is 1.29 bits per heavy atom. The quantitative estimate of drug-likeness (QED) is 0.735. The van der Waals surface area contributed by atoms with Crippen LogP contribution in [0.1, 0.15) is 13.8 Å². The molecule has 0 bridgehead atoms. The molecule has 1 N–H and O–H groups in total. The molecule has 0 atom stereocenters. The lowest BCUT2D eigenvalue weighted by Gasteiger charge is -2.39. The van der Waals surface area contributed by atoms with E-state index in [1.54, 1.807) is 25.8 Å². The van der Waals surface area contributed by atoms with Gasteiger partial charge in [-0.1, -0.05) is 0 Å². The number of hydrogen-bond acceptors (Lipinski definition) is 4. The fourth-order valence-corrected chi connectivity index (χ4v) is 1.76. The second kappa shape index (κ2) is 5.35. The topological polar surface area (TPSA) is 61.9 Å². The van der Waals surface area contributed by atoms with E-state index in [9.17, 15) is 9.59 Å². The summed E-state index contributed by atoms with van der Waals surface area (Å²) in [5.41, 5.74) is -0.884. The van der Waals surface area contributed by atoms with Crippen LogP contribution in [0.3, 0.4) is 0 Å². The van der Waals surface area contributed by atoms with Crippen LogP contribution >= 0.6 is 0 Å². The van der Waals surface area contributed by atoms with E-state index in [-0.39, 0.29) is 5.91 Å². The number of methoxy groups -OCH3 is 1. The highest BCUT2D eigenvalue weighted by Gasteiger charge is 2.39. The smallest absolute Gasteiger partial charge is 0.410 e. The molecule has 0 aromatic rings. The fourth-order valence-electron chi connectivity index (χ4n) is 1.76. The van der Waals surface area contributed by atoms with Gasteiger partial charge in [0, 0.05) is 33.2 Å². The Hall–Kier alpha value is -1.30. The molecule has 6 nitrogen and oxygen atoms in total. The Labute approximate surface area is 102 Å². The molecule has 17 heavy (non-hydrogen) atoms. The van der Waals surface area contributed by atoms with E-state index < -0.39 is 11.6 Å². The Morgan fingerprint density at radius 3 is 2.29 bits per heavy atom. The standard InChI is InChI=1S/C11H21N3O3/c1-11(2,13(3)10(16)17-4)9(15)14-7-5-12-6-8-14/h12H,5-8H2,1-4H3. The van der Waals surface area contributed by atoms with Crippen LogP contribution < -0.4 is 5.32 Å². The van der Waals surface area contributed by atoms with Gasteiger partial charge in [-0.05, 0) is 13.8 Å². The van der Waals surface area contributed by atoms with Crippen molar-refractivity contribution in [2.24, 2.45) is 0 Å². The molecule has 2 amide bonds. The highest BCUT2D eigenvalue weighted by Crippen LogP contribution is 2.17. The van der Waals surface area contributed by atoms with Crippen molar-refractivity contribution in [1.29, 1.82) is 0 Å². The number of carbonyl (C=O) groups excluding carboxylic acids is 2. The molecule has 1 aliphatic rings. The summed E-state index contributed by atoms with van der Waals surface area (Å²) in [5.74, 6) is -0.0492. The average Bonchev–Trinajstić information content (AvgIpc) is 2.36. The van der Waals surface area contributed by atoms with Crippen molar-refractivity contribution in [3.05, 3.63) is 0 Å². The third-order valence-corrected chi connectivity index (χ3v) is 3.21. The number of hydrogen-bond donors (Lipinski definition) is 1. The lowest BCUT2D eigenvalue weighted by atomic mass is 10.0. The highest BCUT2D eigenvalue weighted by atomic mass is 16.5. The summed E-state index contributed by atoms with van der Waals surface area (Å²) >= 11 is 0. The van der Waals surface area contributed by atoms with Crippen LogP contribution in [0.25, 0.3) is 0 Å². The maximum atomic E-state index is 12.3. The predicted octanol–water partition coefficient (Wildman–Crippen LogP) is -0.105. The van der Waals surface area contributed by atoms with Gasteiger partial charge in [0.1, 0.15) is 5.54 Å². The number of nitrogens with one attached hydrogen (secondary N) is 1. The van der Waals surface area contributed by atoms with Crippen molar-refractivity contribution in [3.8, 4) is 0 Å². The number of piperazine rings is 1. The van der Waals surface area contributed by atoms with Gasteiger partial charge in [0.15, 0.2) is 0 Å². The lowest BCUT2D eigenvalue weighted by molar-refractivity contribution is -0.141. The van der Waals surface area contributed by atoms with Crippen molar-refractivity contribution in [2.75, 3.05) is 40.3 Å². The Kier molecular flexibility index (Phi) is 4.34. The Balaban J connectivity index is 2.74. The third-order valence-electron chi connectivity index (χ3n) is 3.21. The molecule has 0 aromatic heterocycles.